The number of likely N-dealkylation sites (N-methyl/N-ethyl adjacent to an activating group) is 1. The van der Waals surface area contributed by atoms with Crippen LogP contribution in [-0.2, 0) is 9.53 Å². The van der Waals surface area contributed by atoms with E-state index in [4.69, 9.17) is 4.74 Å². The second-order valence-corrected chi connectivity index (χ2v) is 5.00. The van der Waals surface area contributed by atoms with Crippen LogP contribution in [0.3, 0.4) is 0 Å². The Kier molecular flexibility index (Phi) is 5.13. The first kappa shape index (κ1) is 13.4. The first-order valence-corrected chi connectivity index (χ1v) is 5.16. The Hall–Kier alpha value is -0.570. The van der Waals surface area contributed by atoms with E-state index in [1.54, 1.807) is 7.05 Å². The van der Waals surface area contributed by atoms with Gasteiger partial charge in [0.2, 0.25) is 0 Å². The summed E-state index contributed by atoms with van der Waals surface area (Å²) in [6, 6.07) is -0.186. The monoisotopic (exact) mass is 201 g/mol. The van der Waals surface area contributed by atoms with E-state index in [9.17, 15) is 4.79 Å². The predicted octanol–water partition coefficient (Wildman–Crippen LogP) is 1.96. The van der Waals surface area contributed by atoms with E-state index in [1.807, 2.05) is 20.8 Å². The van der Waals surface area contributed by atoms with E-state index in [2.05, 4.69) is 19.2 Å². The number of esters is 1. The van der Waals surface area contributed by atoms with Crippen LogP contribution in [0.4, 0.5) is 0 Å². The number of hydrogen-bond donors (Lipinski definition) is 1. The maximum absolute atomic E-state index is 11.6. The van der Waals surface area contributed by atoms with Gasteiger partial charge in [-0.1, -0.05) is 13.8 Å². The highest BCUT2D eigenvalue weighted by atomic mass is 16.6. The van der Waals surface area contributed by atoms with Crippen molar-refractivity contribution >= 4 is 5.97 Å². The number of ether oxygens (including phenoxy) is 1. The third-order valence-electron chi connectivity index (χ3n) is 1.75. The average molecular weight is 201 g/mol. The van der Waals surface area contributed by atoms with Gasteiger partial charge < -0.3 is 10.1 Å². The molecular weight excluding hydrogens is 178 g/mol. The standard InChI is InChI=1S/C11H23NO2/c1-8(2)7-9(12-6)10(13)14-11(3,4)5/h8-9,12H,7H2,1-6H3/t9-/m0/s1. The molecule has 0 aliphatic carbocycles. The molecule has 3 heteroatoms. The van der Waals surface area contributed by atoms with Crippen LogP contribution in [0.2, 0.25) is 0 Å². The molecule has 0 radical (unpaired) electrons. The summed E-state index contributed by atoms with van der Waals surface area (Å²) in [6.45, 7) is 9.83. The third kappa shape index (κ3) is 5.97. The molecule has 14 heavy (non-hydrogen) atoms. The van der Waals surface area contributed by atoms with Gasteiger partial charge in [0.05, 0.1) is 0 Å². The number of nitrogens with one attached hydrogen (secondary N) is 1. The lowest BCUT2D eigenvalue weighted by atomic mass is 10.0. The van der Waals surface area contributed by atoms with Crippen LogP contribution < -0.4 is 5.32 Å². The molecule has 0 fully saturated rings. The van der Waals surface area contributed by atoms with Crippen molar-refractivity contribution < 1.29 is 9.53 Å². The van der Waals surface area contributed by atoms with Gasteiger partial charge in [-0.25, -0.2) is 0 Å². The van der Waals surface area contributed by atoms with Gasteiger partial charge in [0, 0.05) is 0 Å². The maximum atomic E-state index is 11.6. The molecule has 0 aromatic rings. The van der Waals surface area contributed by atoms with Crippen molar-refractivity contribution in [3.05, 3.63) is 0 Å². The molecule has 0 aromatic heterocycles. The van der Waals surface area contributed by atoms with Crippen molar-refractivity contribution in [1.82, 2.24) is 5.32 Å². The summed E-state index contributed by atoms with van der Waals surface area (Å²) < 4.78 is 5.29. The molecule has 0 rings (SSSR count). The zero-order chi connectivity index (χ0) is 11.4. The molecule has 0 heterocycles. The van der Waals surface area contributed by atoms with Gasteiger partial charge in [-0.05, 0) is 40.2 Å². The van der Waals surface area contributed by atoms with E-state index >= 15 is 0 Å². The molecule has 0 spiro atoms. The zero-order valence-corrected chi connectivity index (χ0v) is 10.2. The van der Waals surface area contributed by atoms with Crippen LogP contribution in [0.15, 0.2) is 0 Å². The van der Waals surface area contributed by atoms with Crippen molar-refractivity contribution in [2.45, 2.75) is 52.7 Å². The van der Waals surface area contributed by atoms with Crippen LogP contribution in [0.5, 0.6) is 0 Å². The fourth-order valence-electron chi connectivity index (χ4n) is 1.18. The number of carbonyl (C=O) groups is 1. The van der Waals surface area contributed by atoms with Gasteiger partial charge in [-0.2, -0.15) is 0 Å². The van der Waals surface area contributed by atoms with Gasteiger partial charge in [-0.3, -0.25) is 4.79 Å². The fourth-order valence-corrected chi connectivity index (χ4v) is 1.18. The van der Waals surface area contributed by atoms with Crippen molar-refractivity contribution in [2.24, 2.45) is 5.92 Å². The molecular formula is C11H23NO2. The SMILES string of the molecule is CN[C@@H](CC(C)C)C(=O)OC(C)(C)C. The largest absolute Gasteiger partial charge is 0.459 e. The Bertz CT molecular complexity index is 182. The molecule has 3 nitrogen and oxygen atoms in total. The lowest BCUT2D eigenvalue weighted by Crippen LogP contribution is -2.40. The van der Waals surface area contributed by atoms with Crippen LogP contribution in [0.25, 0.3) is 0 Å². The summed E-state index contributed by atoms with van der Waals surface area (Å²) in [4.78, 5) is 11.6. The molecule has 1 atom stereocenters. The van der Waals surface area contributed by atoms with Gasteiger partial charge in [0.1, 0.15) is 11.6 Å². The van der Waals surface area contributed by atoms with E-state index in [1.165, 1.54) is 0 Å². The summed E-state index contributed by atoms with van der Waals surface area (Å²) in [5.41, 5.74) is -0.400. The van der Waals surface area contributed by atoms with E-state index in [-0.39, 0.29) is 12.0 Å². The molecule has 0 bridgehead atoms. The predicted molar refractivity (Wildman–Crippen MR) is 58.1 cm³/mol. The lowest BCUT2D eigenvalue weighted by Gasteiger charge is -2.24. The molecule has 0 amide bonds. The molecule has 0 saturated carbocycles. The van der Waals surface area contributed by atoms with Gasteiger partial charge in [0.15, 0.2) is 0 Å². The van der Waals surface area contributed by atoms with E-state index in [0.717, 1.165) is 6.42 Å². The Morgan fingerprint density at radius 3 is 2.14 bits per heavy atom. The normalized spacial score (nSPS) is 14.2. The second kappa shape index (κ2) is 5.35. The second-order valence-electron chi connectivity index (χ2n) is 5.00. The highest BCUT2D eigenvalue weighted by Crippen LogP contribution is 2.12. The van der Waals surface area contributed by atoms with E-state index < -0.39 is 5.60 Å². The topological polar surface area (TPSA) is 38.3 Å². The highest BCUT2D eigenvalue weighted by molar-refractivity contribution is 5.76. The highest BCUT2D eigenvalue weighted by Gasteiger charge is 2.24. The Morgan fingerprint density at radius 2 is 1.86 bits per heavy atom. The summed E-state index contributed by atoms with van der Waals surface area (Å²) in [5.74, 6) is 0.327. The third-order valence-corrected chi connectivity index (χ3v) is 1.75. The van der Waals surface area contributed by atoms with Crippen molar-refractivity contribution in [2.75, 3.05) is 7.05 Å². The van der Waals surface area contributed by atoms with Gasteiger partial charge >= 0.3 is 5.97 Å². The van der Waals surface area contributed by atoms with Crippen LogP contribution in [0.1, 0.15) is 41.0 Å². The number of rotatable bonds is 4. The fraction of sp³-hybridized carbons (Fsp3) is 0.909. The molecule has 0 saturated heterocycles. The van der Waals surface area contributed by atoms with Crippen LogP contribution in [0, 0.1) is 5.92 Å². The minimum absolute atomic E-state index is 0.159. The van der Waals surface area contributed by atoms with Crippen molar-refractivity contribution in [3.63, 3.8) is 0 Å². The van der Waals surface area contributed by atoms with Crippen LogP contribution in [-0.4, -0.2) is 24.7 Å². The number of hydrogen-bond acceptors (Lipinski definition) is 3. The minimum atomic E-state index is -0.400. The van der Waals surface area contributed by atoms with Gasteiger partial charge in [0.25, 0.3) is 0 Å². The summed E-state index contributed by atoms with van der Waals surface area (Å²) in [6.07, 6.45) is 0.811. The van der Waals surface area contributed by atoms with Gasteiger partial charge in [-0.15, -0.1) is 0 Å². The first-order chi connectivity index (χ1) is 6.26. The molecule has 0 aliphatic rings. The van der Waals surface area contributed by atoms with Crippen molar-refractivity contribution in [3.8, 4) is 0 Å². The van der Waals surface area contributed by atoms with E-state index in [0.29, 0.717) is 5.92 Å². The minimum Gasteiger partial charge on any atom is -0.459 e. The lowest BCUT2D eigenvalue weighted by molar-refractivity contribution is -0.157. The van der Waals surface area contributed by atoms with Crippen LogP contribution >= 0.6 is 0 Å². The first-order valence-electron chi connectivity index (χ1n) is 5.16. The Morgan fingerprint density at radius 1 is 1.36 bits per heavy atom. The molecule has 1 N–H and O–H groups in total. The molecule has 84 valence electrons. The molecule has 0 aliphatic heterocycles. The Labute approximate surface area is 87.2 Å². The van der Waals surface area contributed by atoms with Crippen molar-refractivity contribution in [1.29, 1.82) is 0 Å². The summed E-state index contributed by atoms with van der Waals surface area (Å²) >= 11 is 0. The zero-order valence-electron chi connectivity index (χ0n) is 10.2. The smallest absolute Gasteiger partial charge is 0.323 e. The summed E-state index contributed by atoms with van der Waals surface area (Å²) in [7, 11) is 1.79. The summed E-state index contributed by atoms with van der Waals surface area (Å²) in [5, 5.41) is 2.98. The quantitative estimate of drug-likeness (QED) is 0.707. The maximum Gasteiger partial charge on any atom is 0.323 e. The molecule has 0 unspecified atom stereocenters. The average Bonchev–Trinajstić information content (AvgIpc) is 1.96. The Balaban J connectivity index is 4.18. The molecule has 0 aromatic carbocycles. The number of carbonyl (C=O) groups excluding carboxylic acids is 1.